The highest BCUT2D eigenvalue weighted by molar-refractivity contribution is 5.97. The standard InChI is InChI=1S/C23H30N2O6/c26-19-14-17-13-18(24-31-16-21(28)25-10-6-4-7-11-25)9-5-2-1-3-8-12-30-23(29)22(17)20(27)15-19/h3,8,14-15,26-27H,1-2,4-7,9-13,16H2. The second-order valence-electron chi connectivity index (χ2n) is 7.86. The van der Waals surface area contributed by atoms with Gasteiger partial charge < -0.3 is 24.7 Å². The fourth-order valence-electron chi connectivity index (χ4n) is 3.82. The largest absolute Gasteiger partial charge is 0.508 e. The Morgan fingerprint density at radius 1 is 1.10 bits per heavy atom. The van der Waals surface area contributed by atoms with E-state index in [1.165, 1.54) is 6.07 Å². The number of benzene rings is 1. The average Bonchev–Trinajstić information content (AvgIpc) is 2.76. The van der Waals surface area contributed by atoms with Crippen LogP contribution in [0.15, 0.2) is 29.4 Å². The molecule has 3 rings (SSSR count). The van der Waals surface area contributed by atoms with Gasteiger partial charge in [-0.15, -0.1) is 0 Å². The van der Waals surface area contributed by atoms with E-state index >= 15 is 0 Å². The van der Waals surface area contributed by atoms with Gasteiger partial charge in [-0.05, 0) is 56.6 Å². The number of oxime groups is 1. The summed E-state index contributed by atoms with van der Waals surface area (Å²) in [5.74, 6) is -1.26. The Morgan fingerprint density at radius 3 is 2.71 bits per heavy atom. The number of piperidine rings is 1. The second kappa shape index (κ2) is 11.4. The van der Waals surface area contributed by atoms with Crippen LogP contribution in [0.25, 0.3) is 0 Å². The van der Waals surface area contributed by atoms with Crippen LogP contribution in [0.4, 0.5) is 0 Å². The zero-order valence-electron chi connectivity index (χ0n) is 17.7. The van der Waals surface area contributed by atoms with E-state index in [1.807, 2.05) is 6.08 Å². The highest BCUT2D eigenvalue weighted by Gasteiger charge is 2.21. The van der Waals surface area contributed by atoms with Gasteiger partial charge >= 0.3 is 5.97 Å². The lowest BCUT2D eigenvalue weighted by Gasteiger charge is -2.26. The summed E-state index contributed by atoms with van der Waals surface area (Å²) in [6, 6.07) is 2.53. The number of hydrogen-bond donors (Lipinski definition) is 2. The number of carbonyl (C=O) groups is 2. The minimum atomic E-state index is -0.669. The van der Waals surface area contributed by atoms with Crippen molar-refractivity contribution in [3.63, 3.8) is 0 Å². The summed E-state index contributed by atoms with van der Waals surface area (Å²) >= 11 is 0. The molecular formula is C23H30N2O6. The first kappa shape index (κ1) is 22.7. The molecule has 8 nitrogen and oxygen atoms in total. The van der Waals surface area contributed by atoms with Crippen LogP contribution in [0, 0.1) is 0 Å². The highest BCUT2D eigenvalue weighted by Crippen LogP contribution is 2.29. The van der Waals surface area contributed by atoms with Crippen molar-refractivity contribution in [1.29, 1.82) is 0 Å². The molecule has 0 saturated carbocycles. The molecule has 2 heterocycles. The van der Waals surface area contributed by atoms with E-state index in [1.54, 1.807) is 11.0 Å². The number of phenolic OH excluding ortho intramolecular Hbond substituents is 2. The first-order valence-electron chi connectivity index (χ1n) is 10.9. The summed E-state index contributed by atoms with van der Waals surface area (Å²) in [5, 5.41) is 24.4. The third-order valence-electron chi connectivity index (χ3n) is 5.44. The maximum atomic E-state index is 12.5. The number of nitrogens with zero attached hydrogens (tertiary/aromatic N) is 2. The Balaban J connectivity index is 1.77. The van der Waals surface area contributed by atoms with Gasteiger partial charge in [0.2, 0.25) is 0 Å². The smallest absolute Gasteiger partial charge is 0.342 e. The lowest BCUT2D eigenvalue weighted by molar-refractivity contribution is -0.137. The van der Waals surface area contributed by atoms with Crippen molar-refractivity contribution >= 4 is 17.6 Å². The zero-order valence-corrected chi connectivity index (χ0v) is 17.7. The van der Waals surface area contributed by atoms with Crippen molar-refractivity contribution in [3.8, 4) is 11.5 Å². The molecule has 2 aliphatic rings. The van der Waals surface area contributed by atoms with Crippen LogP contribution in [0.3, 0.4) is 0 Å². The number of rotatable bonds is 3. The third kappa shape index (κ3) is 6.73. The van der Waals surface area contributed by atoms with Crippen molar-refractivity contribution in [2.24, 2.45) is 5.16 Å². The van der Waals surface area contributed by atoms with Crippen LogP contribution in [0.1, 0.15) is 60.9 Å². The van der Waals surface area contributed by atoms with Crippen LogP contribution in [0.2, 0.25) is 0 Å². The highest BCUT2D eigenvalue weighted by atomic mass is 16.6. The molecule has 8 heteroatoms. The molecule has 1 aromatic rings. The molecule has 1 amide bonds. The monoisotopic (exact) mass is 430 g/mol. The first-order valence-corrected chi connectivity index (χ1v) is 10.9. The van der Waals surface area contributed by atoms with E-state index < -0.39 is 5.97 Å². The summed E-state index contributed by atoms with van der Waals surface area (Å²) in [6.07, 6.45) is 10.3. The van der Waals surface area contributed by atoms with E-state index in [0.717, 1.165) is 57.7 Å². The molecule has 2 N–H and O–H groups in total. The van der Waals surface area contributed by atoms with Crippen molar-refractivity contribution in [3.05, 3.63) is 35.4 Å². The number of hydrogen-bond acceptors (Lipinski definition) is 7. The van der Waals surface area contributed by atoms with Gasteiger partial charge in [-0.3, -0.25) is 4.79 Å². The van der Waals surface area contributed by atoms with Gasteiger partial charge in [0, 0.05) is 25.6 Å². The lowest BCUT2D eigenvalue weighted by atomic mass is 9.98. The average molecular weight is 431 g/mol. The molecule has 0 aromatic heterocycles. The number of phenols is 2. The van der Waals surface area contributed by atoms with Gasteiger partial charge in [-0.2, -0.15) is 0 Å². The predicted octanol–water partition coefficient (Wildman–Crippen LogP) is 3.31. The van der Waals surface area contributed by atoms with Crippen molar-refractivity contribution in [2.45, 2.75) is 51.4 Å². The van der Waals surface area contributed by atoms with Gasteiger partial charge in [0.05, 0.1) is 5.71 Å². The molecule has 1 saturated heterocycles. The fourth-order valence-corrected chi connectivity index (χ4v) is 3.82. The number of fused-ring (bicyclic) bond motifs is 1. The number of amides is 1. The Labute approximate surface area is 182 Å². The number of ether oxygens (including phenoxy) is 1. The van der Waals surface area contributed by atoms with Gasteiger partial charge in [-0.25, -0.2) is 4.79 Å². The molecular weight excluding hydrogens is 400 g/mol. The SMILES string of the molecule is O=C1OCC=CCCCCC(=NOCC(=O)N2CCCCC2)Cc2cc(O)cc(O)c21. The number of aromatic hydroxyl groups is 2. The van der Waals surface area contributed by atoms with E-state index in [-0.39, 0.29) is 42.6 Å². The molecule has 1 aromatic carbocycles. The van der Waals surface area contributed by atoms with Crippen LogP contribution in [-0.4, -0.2) is 59.0 Å². The molecule has 0 bridgehead atoms. The number of esters is 1. The molecule has 2 aliphatic heterocycles. The van der Waals surface area contributed by atoms with Crippen molar-refractivity contribution < 1.29 is 29.4 Å². The minimum Gasteiger partial charge on any atom is -0.508 e. The molecule has 0 radical (unpaired) electrons. The molecule has 0 atom stereocenters. The van der Waals surface area contributed by atoms with Crippen LogP contribution >= 0.6 is 0 Å². The summed E-state index contributed by atoms with van der Waals surface area (Å²) in [6.45, 7) is 1.48. The van der Waals surface area contributed by atoms with Crippen LogP contribution in [-0.2, 0) is 20.8 Å². The maximum absolute atomic E-state index is 12.5. The predicted molar refractivity (Wildman–Crippen MR) is 115 cm³/mol. The topological polar surface area (TPSA) is 109 Å². The van der Waals surface area contributed by atoms with Gasteiger partial charge in [0.15, 0.2) is 6.61 Å². The second-order valence-corrected chi connectivity index (χ2v) is 7.86. The molecule has 0 unspecified atom stereocenters. The van der Waals surface area contributed by atoms with E-state index in [9.17, 15) is 19.8 Å². The van der Waals surface area contributed by atoms with Gasteiger partial charge in [0.25, 0.3) is 5.91 Å². The number of allylic oxidation sites excluding steroid dienone is 1. The number of likely N-dealkylation sites (tertiary alicyclic amines) is 1. The van der Waals surface area contributed by atoms with Gasteiger partial charge in [-0.1, -0.05) is 17.3 Å². The summed E-state index contributed by atoms with van der Waals surface area (Å²) in [4.78, 5) is 32.0. The number of cyclic esters (lactones) is 1. The molecule has 31 heavy (non-hydrogen) atoms. The summed E-state index contributed by atoms with van der Waals surface area (Å²) in [7, 11) is 0. The van der Waals surface area contributed by atoms with E-state index in [4.69, 9.17) is 9.57 Å². The zero-order chi connectivity index (χ0) is 22.1. The summed E-state index contributed by atoms with van der Waals surface area (Å²) < 4.78 is 5.23. The van der Waals surface area contributed by atoms with Crippen molar-refractivity contribution in [2.75, 3.05) is 26.3 Å². The Bertz CT molecular complexity index is 843. The van der Waals surface area contributed by atoms with Crippen LogP contribution in [0.5, 0.6) is 11.5 Å². The Kier molecular flexibility index (Phi) is 8.32. The first-order chi connectivity index (χ1) is 15.0. The molecule has 0 aliphatic carbocycles. The minimum absolute atomic E-state index is 0.00235. The summed E-state index contributed by atoms with van der Waals surface area (Å²) in [5.41, 5.74) is 1.03. The van der Waals surface area contributed by atoms with E-state index in [2.05, 4.69) is 5.16 Å². The van der Waals surface area contributed by atoms with E-state index in [0.29, 0.717) is 17.7 Å². The third-order valence-corrected chi connectivity index (χ3v) is 5.44. The molecule has 168 valence electrons. The van der Waals surface area contributed by atoms with Gasteiger partial charge in [0.1, 0.15) is 23.7 Å². The fraction of sp³-hybridized carbons (Fsp3) is 0.522. The molecule has 1 fully saturated rings. The Hall–Kier alpha value is -3.03. The van der Waals surface area contributed by atoms with Crippen LogP contribution < -0.4 is 0 Å². The lowest BCUT2D eigenvalue weighted by Crippen LogP contribution is -2.37. The number of carbonyl (C=O) groups excluding carboxylic acids is 2. The maximum Gasteiger partial charge on any atom is 0.342 e. The van der Waals surface area contributed by atoms with Crippen molar-refractivity contribution in [1.82, 2.24) is 4.90 Å². The normalized spacial score (nSPS) is 19.5. The Morgan fingerprint density at radius 2 is 1.90 bits per heavy atom. The quantitative estimate of drug-likeness (QED) is 0.433. The molecule has 0 spiro atoms.